The summed E-state index contributed by atoms with van der Waals surface area (Å²) < 4.78 is 0. The van der Waals surface area contributed by atoms with Crippen molar-refractivity contribution in [3.63, 3.8) is 0 Å². The van der Waals surface area contributed by atoms with E-state index in [1.165, 1.54) is 5.56 Å². The second-order valence-electron chi connectivity index (χ2n) is 5.98. The van der Waals surface area contributed by atoms with Crippen molar-refractivity contribution in [1.82, 2.24) is 0 Å². The van der Waals surface area contributed by atoms with Gasteiger partial charge in [0, 0.05) is 0 Å². The lowest BCUT2D eigenvalue weighted by Gasteiger charge is -2.24. The van der Waals surface area contributed by atoms with Gasteiger partial charge in [-0.15, -0.1) is 0 Å². The van der Waals surface area contributed by atoms with Crippen LogP contribution in [0.15, 0.2) is 42.5 Å². The number of rotatable bonds is 4. The van der Waals surface area contributed by atoms with Gasteiger partial charge in [-0.1, -0.05) is 80.4 Å². The highest BCUT2D eigenvalue weighted by Gasteiger charge is 2.19. The van der Waals surface area contributed by atoms with Crippen LogP contribution in [0.25, 0.3) is 0 Å². The molecule has 0 radical (unpaired) electrons. The molecule has 0 spiro atoms. The van der Waals surface area contributed by atoms with Gasteiger partial charge in [-0.25, -0.2) is 0 Å². The van der Waals surface area contributed by atoms with Crippen molar-refractivity contribution < 1.29 is 0 Å². The molecule has 21 heavy (non-hydrogen) atoms. The Kier molecular flexibility index (Phi) is 4.98. The van der Waals surface area contributed by atoms with Crippen LogP contribution in [0.5, 0.6) is 0 Å². The van der Waals surface area contributed by atoms with Crippen molar-refractivity contribution in [2.75, 3.05) is 0 Å². The first-order chi connectivity index (χ1) is 9.86. The number of halogens is 2. The fourth-order valence-electron chi connectivity index (χ4n) is 2.29. The lowest BCUT2D eigenvalue weighted by atomic mass is 9.81. The van der Waals surface area contributed by atoms with Gasteiger partial charge in [0.2, 0.25) is 0 Å². The van der Waals surface area contributed by atoms with Crippen LogP contribution in [-0.2, 0) is 5.41 Å². The summed E-state index contributed by atoms with van der Waals surface area (Å²) in [6, 6.07) is 13.8. The molecule has 0 aliphatic heterocycles. The molecule has 0 aromatic heterocycles. The van der Waals surface area contributed by atoms with E-state index in [-0.39, 0.29) is 11.5 Å². The highest BCUT2D eigenvalue weighted by atomic mass is 35.5. The van der Waals surface area contributed by atoms with Gasteiger partial charge in [-0.2, -0.15) is 0 Å². The highest BCUT2D eigenvalue weighted by molar-refractivity contribution is 6.42. The zero-order valence-corrected chi connectivity index (χ0v) is 14.2. The van der Waals surface area contributed by atoms with E-state index < -0.39 is 0 Å². The third-order valence-corrected chi connectivity index (χ3v) is 5.09. The van der Waals surface area contributed by atoms with Crippen molar-refractivity contribution in [3.8, 4) is 0 Å². The highest BCUT2D eigenvalue weighted by Crippen LogP contribution is 2.33. The monoisotopic (exact) mass is 321 g/mol. The van der Waals surface area contributed by atoms with E-state index in [2.05, 4.69) is 45.0 Å². The van der Waals surface area contributed by atoms with Crippen LogP contribution in [0.2, 0.25) is 10.0 Å². The van der Waals surface area contributed by atoms with Crippen LogP contribution in [0.3, 0.4) is 0 Å². The number of hydrogen-bond donors (Lipinski definition) is 1. The first-order valence-corrected chi connectivity index (χ1v) is 7.92. The molecular formula is C18H21Cl2N. The van der Waals surface area contributed by atoms with Gasteiger partial charge < -0.3 is 5.73 Å². The first-order valence-electron chi connectivity index (χ1n) is 7.16. The Morgan fingerprint density at radius 2 is 1.67 bits per heavy atom. The van der Waals surface area contributed by atoms with Crippen molar-refractivity contribution in [3.05, 3.63) is 69.2 Å². The molecule has 1 unspecified atom stereocenters. The summed E-state index contributed by atoms with van der Waals surface area (Å²) in [6.07, 6.45) is 1.10. The largest absolute Gasteiger partial charge is 0.320 e. The van der Waals surface area contributed by atoms with Crippen LogP contribution < -0.4 is 5.73 Å². The summed E-state index contributed by atoms with van der Waals surface area (Å²) in [4.78, 5) is 0. The van der Waals surface area contributed by atoms with Gasteiger partial charge in [0.25, 0.3) is 0 Å². The van der Waals surface area contributed by atoms with E-state index in [1.54, 1.807) is 6.07 Å². The Morgan fingerprint density at radius 1 is 1.05 bits per heavy atom. The molecule has 0 fully saturated rings. The molecule has 0 aliphatic rings. The van der Waals surface area contributed by atoms with Crippen LogP contribution in [-0.4, -0.2) is 0 Å². The SMILES string of the molecule is CCC(C)(C)c1ccc(C(N)c2cccc(Cl)c2Cl)cc1. The second-order valence-corrected chi connectivity index (χ2v) is 6.77. The molecule has 2 aromatic rings. The van der Waals surface area contributed by atoms with Gasteiger partial charge in [0.1, 0.15) is 0 Å². The van der Waals surface area contributed by atoms with E-state index >= 15 is 0 Å². The summed E-state index contributed by atoms with van der Waals surface area (Å²) >= 11 is 12.3. The third kappa shape index (κ3) is 3.42. The molecule has 3 heteroatoms. The fourth-order valence-corrected chi connectivity index (χ4v) is 2.71. The predicted octanol–water partition coefficient (Wildman–Crippen LogP) is 5.73. The average molecular weight is 322 g/mol. The minimum absolute atomic E-state index is 0.177. The van der Waals surface area contributed by atoms with Crippen molar-refractivity contribution in [2.45, 2.75) is 38.6 Å². The standard InChI is InChI=1S/C18H21Cl2N/c1-4-18(2,3)13-10-8-12(9-11-13)17(21)14-6-5-7-15(19)16(14)20/h5-11,17H,4,21H2,1-3H3. The molecule has 2 aromatic carbocycles. The Labute approximate surface area is 137 Å². The maximum atomic E-state index is 6.33. The molecule has 0 amide bonds. The topological polar surface area (TPSA) is 26.0 Å². The molecule has 1 atom stereocenters. The first kappa shape index (κ1) is 16.4. The van der Waals surface area contributed by atoms with Crippen molar-refractivity contribution in [1.29, 1.82) is 0 Å². The Hall–Kier alpha value is -1.02. The van der Waals surface area contributed by atoms with Crippen LogP contribution in [0, 0.1) is 0 Å². The van der Waals surface area contributed by atoms with E-state index in [9.17, 15) is 0 Å². The van der Waals surface area contributed by atoms with Gasteiger partial charge in [-0.3, -0.25) is 0 Å². The maximum absolute atomic E-state index is 6.33. The van der Waals surface area contributed by atoms with Crippen molar-refractivity contribution in [2.24, 2.45) is 5.73 Å². The summed E-state index contributed by atoms with van der Waals surface area (Å²) in [5.74, 6) is 0. The third-order valence-electron chi connectivity index (χ3n) is 4.25. The molecule has 0 heterocycles. The number of benzene rings is 2. The van der Waals surface area contributed by atoms with Gasteiger partial charge >= 0.3 is 0 Å². The molecule has 1 nitrogen and oxygen atoms in total. The molecule has 0 bridgehead atoms. The summed E-state index contributed by atoms with van der Waals surface area (Å²) in [5.41, 5.74) is 9.72. The number of hydrogen-bond acceptors (Lipinski definition) is 1. The Bertz CT molecular complexity index is 618. The Balaban J connectivity index is 2.32. The van der Waals surface area contributed by atoms with Gasteiger partial charge in [0.15, 0.2) is 0 Å². The molecule has 2 rings (SSSR count). The molecule has 0 saturated heterocycles. The van der Waals surface area contributed by atoms with Gasteiger partial charge in [-0.05, 0) is 34.6 Å². The second kappa shape index (κ2) is 6.39. The zero-order chi connectivity index (χ0) is 15.6. The van der Waals surface area contributed by atoms with Crippen LogP contribution in [0.1, 0.15) is 49.9 Å². The Morgan fingerprint density at radius 3 is 2.24 bits per heavy atom. The predicted molar refractivity (Wildman–Crippen MR) is 92.3 cm³/mol. The summed E-state index contributed by atoms with van der Waals surface area (Å²) in [7, 11) is 0. The van der Waals surface area contributed by atoms with Crippen molar-refractivity contribution >= 4 is 23.2 Å². The number of nitrogens with two attached hydrogens (primary N) is 1. The smallest absolute Gasteiger partial charge is 0.0643 e. The molecule has 0 aliphatic carbocycles. The van der Waals surface area contributed by atoms with E-state index in [1.807, 2.05) is 12.1 Å². The van der Waals surface area contributed by atoms with E-state index in [0.29, 0.717) is 10.0 Å². The minimum Gasteiger partial charge on any atom is -0.320 e. The maximum Gasteiger partial charge on any atom is 0.0643 e. The summed E-state index contributed by atoms with van der Waals surface area (Å²) in [6.45, 7) is 6.69. The molecule has 0 saturated carbocycles. The minimum atomic E-state index is -0.269. The quantitative estimate of drug-likeness (QED) is 0.764. The zero-order valence-electron chi connectivity index (χ0n) is 12.7. The van der Waals surface area contributed by atoms with Gasteiger partial charge in [0.05, 0.1) is 16.1 Å². The lowest BCUT2D eigenvalue weighted by Crippen LogP contribution is -2.16. The molecule has 112 valence electrons. The average Bonchev–Trinajstić information content (AvgIpc) is 2.49. The van der Waals surface area contributed by atoms with Crippen LogP contribution in [0.4, 0.5) is 0 Å². The normalized spacial score (nSPS) is 13.2. The van der Waals surface area contributed by atoms with E-state index in [0.717, 1.165) is 17.5 Å². The van der Waals surface area contributed by atoms with E-state index in [4.69, 9.17) is 28.9 Å². The molecule has 2 N–H and O–H groups in total. The van der Waals surface area contributed by atoms with Crippen LogP contribution >= 0.6 is 23.2 Å². The molecular weight excluding hydrogens is 301 g/mol. The lowest BCUT2D eigenvalue weighted by molar-refractivity contribution is 0.506. The fraction of sp³-hybridized carbons (Fsp3) is 0.333. The summed E-state index contributed by atoms with van der Waals surface area (Å²) in [5, 5.41) is 1.07.